The van der Waals surface area contributed by atoms with Crippen LogP contribution in [0.3, 0.4) is 0 Å². The fourth-order valence-electron chi connectivity index (χ4n) is 2.85. The van der Waals surface area contributed by atoms with Gasteiger partial charge in [-0.25, -0.2) is 8.42 Å². The Morgan fingerprint density at radius 1 is 1.07 bits per heavy atom. The van der Waals surface area contributed by atoms with Gasteiger partial charge in [0.1, 0.15) is 12.3 Å². The van der Waals surface area contributed by atoms with Gasteiger partial charge in [-0.1, -0.05) is 44.2 Å². The van der Waals surface area contributed by atoms with Gasteiger partial charge in [-0.15, -0.1) is 0 Å². The molecule has 0 saturated heterocycles. The molecule has 1 amide bonds. The number of likely N-dealkylation sites (N-methyl/N-ethyl adjacent to an activating group) is 1. The van der Waals surface area contributed by atoms with Crippen molar-refractivity contribution in [3.05, 3.63) is 59.7 Å². The van der Waals surface area contributed by atoms with E-state index >= 15 is 0 Å². The predicted octanol–water partition coefficient (Wildman–Crippen LogP) is 3.24. The Morgan fingerprint density at radius 2 is 1.68 bits per heavy atom. The minimum Gasteiger partial charge on any atom is -0.496 e. The van der Waals surface area contributed by atoms with E-state index in [1.54, 1.807) is 26.3 Å². The molecule has 2 aromatic carbocycles. The van der Waals surface area contributed by atoms with Crippen LogP contribution in [0.4, 0.5) is 5.69 Å². The number of methoxy groups -OCH3 is 1. The standard InChI is InChI=1S/C21H28N2O4S/c1-16(2)17-10-12-19(13-11-17)23(28(5,25)26)15-21(24)22(3)14-18-8-6-7-9-20(18)27-4/h6-13,16H,14-15H2,1-5H3. The monoisotopic (exact) mass is 404 g/mol. The Labute approximate surface area is 167 Å². The van der Waals surface area contributed by atoms with Crippen LogP contribution in [0.15, 0.2) is 48.5 Å². The quantitative estimate of drug-likeness (QED) is 0.677. The fourth-order valence-corrected chi connectivity index (χ4v) is 3.70. The first-order valence-electron chi connectivity index (χ1n) is 9.07. The molecule has 0 N–H and O–H groups in total. The van der Waals surface area contributed by atoms with Crippen LogP contribution in [0.25, 0.3) is 0 Å². The van der Waals surface area contributed by atoms with Gasteiger partial charge in [0, 0.05) is 19.2 Å². The Hall–Kier alpha value is -2.54. The number of carbonyl (C=O) groups is 1. The van der Waals surface area contributed by atoms with E-state index in [-0.39, 0.29) is 12.5 Å². The van der Waals surface area contributed by atoms with E-state index in [0.717, 1.165) is 21.7 Å². The number of benzene rings is 2. The lowest BCUT2D eigenvalue weighted by molar-refractivity contribution is -0.128. The SMILES string of the molecule is COc1ccccc1CN(C)C(=O)CN(c1ccc(C(C)C)cc1)S(C)(=O)=O. The van der Waals surface area contributed by atoms with Gasteiger partial charge in [0.15, 0.2) is 0 Å². The summed E-state index contributed by atoms with van der Waals surface area (Å²) in [6, 6.07) is 14.7. The Balaban J connectivity index is 2.19. The second kappa shape index (κ2) is 9.10. The Kier molecular flexibility index (Phi) is 7.07. The van der Waals surface area contributed by atoms with Crippen LogP contribution in [-0.4, -0.2) is 46.2 Å². The molecular weight excluding hydrogens is 376 g/mol. The van der Waals surface area contributed by atoms with Crippen molar-refractivity contribution in [2.24, 2.45) is 0 Å². The third kappa shape index (κ3) is 5.48. The summed E-state index contributed by atoms with van der Waals surface area (Å²) in [4.78, 5) is 14.2. The van der Waals surface area contributed by atoms with Crippen LogP contribution in [0.1, 0.15) is 30.9 Å². The van der Waals surface area contributed by atoms with Gasteiger partial charge in [0.25, 0.3) is 0 Å². The number of rotatable bonds is 8. The van der Waals surface area contributed by atoms with Crippen LogP contribution < -0.4 is 9.04 Å². The molecule has 0 aliphatic carbocycles. The third-order valence-corrected chi connectivity index (χ3v) is 5.69. The van der Waals surface area contributed by atoms with Gasteiger partial charge < -0.3 is 9.64 Å². The van der Waals surface area contributed by atoms with E-state index in [1.807, 2.05) is 36.4 Å². The number of amides is 1. The summed E-state index contributed by atoms with van der Waals surface area (Å²) in [5.74, 6) is 0.727. The molecule has 0 spiro atoms. The molecule has 0 bridgehead atoms. The normalized spacial score (nSPS) is 11.4. The van der Waals surface area contributed by atoms with E-state index in [1.165, 1.54) is 4.90 Å². The second-order valence-corrected chi connectivity index (χ2v) is 8.98. The number of sulfonamides is 1. The molecule has 0 atom stereocenters. The molecule has 0 radical (unpaired) electrons. The van der Waals surface area contributed by atoms with Gasteiger partial charge in [-0.05, 0) is 29.7 Å². The van der Waals surface area contributed by atoms with Crippen LogP contribution >= 0.6 is 0 Å². The van der Waals surface area contributed by atoms with E-state index < -0.39 is 10.0 Å². The number of hydrogen-bond donors (Lipinski definition) is 0. The largest absolute Gasteiger partial charge is 0.496 e. The zero-order valence-corrected chi connectivity index (χ0v) is 17.9. The van der Waals surface area contributed by atoms with Crippen molar-refractivity contribution in [1.29, 1.82) is 0 Å². The summed E-state index contributed by atoms with van der Waals surface area (Å²) >= 11 is 0. The lowest BCUT2D eigenvalue weighted by Crippen LogP contribution is -2.41. The fraction of sp³-hybridized carbons (Fsp3) is 0.381. The highest BCUT2D eigenvalue weighted by Crippen LogP contribution is 2.23. The van der Waals surface area contributed by atoms with Crippen molar-refractivity contribution in [3.63, 3.8) is 0 Å². The summed E-state index contributed by atoms with van der Waals surface area (Å²) in [5, 5.41) is 0. The molecule has 28 heavy (non-hydrogen) atoms. The van der Waals surface area contributed by atoms with E-state index in [4.69, 9.17) is 4.74 Å². The van der Waals surface area contributed by atoms with Gasteiger partial charge in [0.2, 0.25) is 15.9 Å². The highest BCUT2D eigenvalue weighted by molar-refractivity contribution is 7.92. The molecular formula is C21H28N2O4S. The average molecular weight is 405 g/mol. The molecule has 2 rings (SSSR count). The first kappa shape index (κ1) is 21.8. The van der Waals surface area contributed by atoms with Crippen molar-refractivity contribution in [2.75, 3.05) is 31.3 Å². The average Bonchev–Trinajstić information content (AvgIpc) is 2.65. The second-order valence-electron chi connectivity index (χ2n) is 7.08. The number of para-hydroxylation sites is 1. The van der Waals surface area contributed by atoms with E-state index in [2.05, 4.69) is 13.8 Å². The Morgan fingerprint density at radius 3 is 2.21 bits per heavy atom. The van der Waals surface area contributed by atoms with E-state index in [0.29, 0.717) is 23.9 Å². The van der Waals surface area contributed by atoms with Gasteiger partial charge in [-0.2, -0.15) is 0 Å². The summed E-state index contributed by atoms with van der Waals surface area (Å²) in [7, 11) is -0.378. The van der Waals surface area contributed by atoms with Crippen LogP contribution in [0, 0.1) is 0 Å². The predicted molar refractivity (Wildman–Crippen MR) is 112 cm³/mol. The van der Waals surface area contributed by atoms with Crippen LogP contribution in [0.2, 0.25) is 0 Å². The minimum absolute atomic E-state index is 0.258. The number of carbonyl (C=O) groups excluding carboxylic acids is 1. The van der Waals surface area contributed by atoms with Crippen molar-refractivity contribution in [3.8, 4) is 5.75 Å². The van der Waals surface area contributed by atoms with Crippen molar-refractivity contribution < 1.29 is 17.9 Å². The Bertz CT molecular complexity index is 908. The van der Waals surface area contributed by atoms with Crippen LogP contribution in [-0.2, 0) is 21.4 Å². The van der Waals surface area contributed by atoms with Gasteiger partial charge >= 0.3 is 0 Å². The van der Waals surface area contributed by atoms with Gasteiger partial charge in [-0.3, -0.25) is 9.10 Å². The van der Waals surface area contributed by atoms with Crippen molar-refractivity contribution in [2.45, 2.75) is 26.3 Å². The maximum Gasteiger partial charge on any atom is 0.243 e. The molecule has 0 aliphatic rings. The molecule has 0 saturated carbocycles. The summed E-state index contributed by atoms with van der Waals surface area (Å²) in [6.45, 7) is 4.21. The first-order valence-corrected chi connectivity index (χ1v) is 10.9. The lowest BCUT2D eigenvalue weighted by Gasteiger charge is -2.26. The van der Waals surface area contributed by atoms with Gasteiger partial charge in [0.05, 0.1) is 19.1 Å². The molecule has 0 heterocycles. The topological polar surface area (TPSA) is 66.9 Å². The number of hydrogen-bond acceptors (Lipinski definition) is 4. The number of nitrogens with zero attached hydrogens (tertiary/aromatic N) is 2. The molecule has 0 aliphatic heterocycles. The maximum absolute atomic E-state index is 12.7. The number of anilines is 1. The molecule has 0 unspecified atom stereocenters. The summed E-state index contributed by atoms with van der Waals surface area (Å²) in [5.41, 5.74) is 2.44. The molecule has 0 aromatic heterocycles. The van der Waals surface area contributed by atoms with Crippen molar-refractivity contribution >= 4 is 21.6 Å². The van der Waals surface area contributed by atoms with Crippen LogP contribution in [0.5, 0.6) is 5.75 Å². The van der Waals surface area contributed by atoms with E-state index in [9.17, 15) is 13.2 Å². The third-order valence-electron chi connectivity index (χ3n) is 4.55. The highest BCUT2D eigenvalue weighted by Gasteiger charge is 2.23. The number of ether oxygens (including phenoxy) is 1. The molecule has 152 valence electrons. The smallest absolute Gasteiger partial charge is 0.243 e. The summed E-state index contributed by atoms with van der Waals surface area (Å²) in [6.07, 6.45) is 1.11. The lowest BCUT2D eigenvalue weighted by atomic mass is 10.0. The maximum atomic E-state index is 12.7. The molecule has 7 heteroatoms. The molecule has 2 aromatic rings. The molecule has 6 nitrogen and oxygen atoms in total. The zero-order valence-electron chi connectivity index (χ0n) is 17.0. The minimum atomic E-state index is -3.60. The van der Waals surface area contributed by atoms with Crippen molar-refractivity contribution in [1.82, 2.24) is 4.90 Å². The molecule has 0 fully saturated rings. The summed E-state index contributed by atoms with van der Waals surface area (Å²) < 4.78 is 31.1. The first-order chi connectivity index (χ1) is 13.1. The zero-order chi connectivity index (χ0) is 20.9. The highest BCUT2D eigenvalue weighted by atomic mass is 32.2.